The van der Waals surface area contributed by atoms with E-state index in [4.69, 9.17) is 0 Å². The van der Waals surface area contributed by atoms with Gasteiger partial charge in [-0.1, -0.05) is 56.2 Å². The van der Waals surface area contributed by atoms with Crippen LogP contribution >= 0.6 is 0 Å². The van der Waals surface area contributed by atoms with Gasteiger partial charge in [0.2, 0.25) is 0 Å². The second-order valence-corrected chi connectivity index (χ2v) is 7.14. The van der Waals surface area contributed by atoms with Crippen LogP contribution in [0.15, 0.2) is 35.4 Å². The summed E-state index contributed by atoms with van der Waals surface area (Å²) in [7, 11) is 0. The lowest BCUT2D eigenvalue weighted by Gasteiger charge is -2.53. The minimum Gasteiger partial charge on any atom is -0.0710 e. The van der Waals surface area contributed by atoms with E-state index in [1.165, 1.54) is 12.8 Å². The van der Waals surface area contributed by atoms with Crippen LogP contribution in [-0.4, -0.2) is 0 Å². The molecule has 0 saturated heterocycles. The quantitative estimate of drug-likeness (QED) is 0.570. The summed E-state index contributed by atoms with van der Waals surface area (Å²) in [5.74, 6) is 2.25. The van der Waals surface area contributed by atoms with Crippen LogP contribution < -0.4 is 0 Å². The van der Waals surface area contributed by atoms with Gasteiger partial charge < -0.3 is 0 Å². The maximum absolute atomic E-state index is 2.53. The molecule has 1 aromatic carbocycles. The number of hydrogen-bond donors (Lipinski definition) is 0. The molecule has 0 fully saturated rings. The van der Waals surface area contributed by atoms with E-state index in [2.05, 4.69) is 58.9 Å². The van der Waals surface area contributed by atoms with Gasteiger partial charge in [-0.15, -0.1) is 0 Å². The van der Waals surface area contributed by atoms with Crippen LogP contribution in [0.1, 0.15) is 45.7 Å². The molecule has 2 aliphatic rings. The van der Waals surface area contributed by atoms with Gasteiger partial charge in [-0.25, -0.2) is 0 Å². The summed E-state index contributed by atoms with van der Waals surface area (Å²) in [5.41, 5.74) is 6.92. The van der Waals surface area contributed by atoms with Crippen LogP contribution in [-0.2, 0) is 12.8 Å². The average Bonchev–Trinajstić information content (AvgIpc) is 2.42. The molecule has 4 unspecified atom stereocenters. The van der Waals surface area contributed by atoms with Gasteiger partial charge in [0.05, 0.1) is 0 Å². The van der Waals surface area contributed by atoms with Crippen LogP contribution in [0.3, 0.4) is 0 Å². The first kappa shape index (κ1) is 13.0. The van der Waals surface area contributed by atoms with Crippen molar-refractivity contribution in [2.75, 3.05) is 0 Å². The molecule has 19 heavy (non-hydrogen) atoms. The fourth-order valence-corrected chi connectivity index (χ4v) is 4.66. The van der Waals surface area contributed by atoms with Crippen LogP contribution in [0.5, 0.6) is 0 Å². The van der Waals surface area contributed by atoms with E-state index in [0.29, 0.717) is 11.3 Å². The smallest absolute Gasteiger partial charge is 0.0172 e. The third kappa shape index (κ3) is 1.72. The zero-order chi connectivity index (χ0) is 13.8. The zero-order valence-electron chi connectivity index (χ0n) is 13.0. The Morgan fingerprint density at radius 2 is 1.63 bits per heavy atom. The predicted molar refractivity (Wildman–Crippen MR) is 82.1 cm³/mol. The minimum atomic E-state index is 0.442. The third-order valence-corrected chi connectivity index (χ3v) is 6.52. The predicted octanol–water partition coefficient (Wildman–Crippen LogP) is 5.03. The minimum absolute atomic E-state index is 0.442. The fraction of sp³-hybridized carbons (Fsp3) is 0.579. The fourth-order valence-electron chi connectivity index (χ4n) is 4.66. The van der Waals surface area contributed by atoms with Crippen molar-refractivity contribution in [3.05, 3.63) is 46.5 Å². The first-order valence-electron chi connectivity index (χ1n) is 7.69. The van der Waals surface area contributed by atoms with Crippen molar-refractivity contribution in [2.45, 2.75) is 47.5 Å². The van der Waals surface area contributed by atoms with E-state index in [1.54, 1.807) is 22.3 Å². The monoisotopic (exact) mass is 254 g/mol. The molecule has 0 bridgehead atoms. The molecule has 0 amide bonds. The summed E-state index contributed by atoms with van der Waals surface area (Å²) in [6.45, 7) is 12.1. The molecular weight excluding hydrogens is 228 g/mol. The molecule has 2 aliphatic carbocycles. The van der Waals surface area contributed by atoms with E-state index in [0.717, 1.165) is 11.8 Å². The zero-order valence-corrected chi connectivity index (χ0v) is 13.0. The molecular formula is C19H26. The van der Waals surface area contributed by atoms with Crippen molar-refractivity contribution in [3.63, 3.8) is 0 Å². The topological polar surface area (TPSA) is 0 Å². The molecule has 4 atom stereocenters. The van der Waals surface area contributed by atoms with E-state index in [1.807, 2.05) is 0 Å². The molecule has 0 radical (unpaired) electrons. The van der Waals surface area contributed by atoms with Crippen LogP contribution in [0.25, 0.3) is 0 Å². The molecule has 0 aliphatic heterocycles. The average molecular weight is 254 g/mol. The van der Waals surface area contributed by atoms with E-state index in [9.17, 15) is 0 Å². The van der Waals surface area contributed by atoms with Gasteiger partial charge >= 0.3 is 0 Å². The highest BCUT2D eigenvalue weighted by molar-refractivity contribution is 5.36. The van der Waals surface area contributed by atoms with E-state index >= 15 is 0 Å². The maximum atomic E-state index is 2.53. The van der Waals surface area contributed by atoms with Crippen molar-refractivity contribution in [2.24, 2.45) is 23.2 Å². The molecule has 3 rings (SSSR count). The number of rotatable bonds is 0. The number of fused-ring (bicyclic) bond motifs is 2. The van der Waals surface area contributed by atoms with Gasteiger partial charge in [-0.05, 0) is 61.0 Å². The lowest BCUT2D eigenvalue weighted by molar-refractivity contribution is 0.0619. The second-order valence-electron chi connectivity index (χ2n) is 7.14. The Morgan fingerprint density at radius 3 is 2.32 bits per heavy atom. The van der Waals surface area contributed by atoms with Crippen molar-refractivity contribution >= 4 is 0 Å². The van der Waals surface area contributed by atoms with Gasteiger partial charge in [0.15, 0.2) is 0 Å². The van der Waals surface area contributed by atoms with E-state index in [-0.39, 0.29) is 0 Å². The van der Waals surface area contributed by atoms with Crippen LogP contribution in [0, 0.1) is 23.2 Å². The number of benzene rings is 1. The Bertz CT molecular complexity index is 537. The molecule has 0 nitrogen and oxygen atoms in total. The highest BCUT2D eigenvalue weighted by Crippen LogP contribution is 2.55. The van der Waals surface area contributed by atoms with Crippen molar-refractivity contribution in [1.29, 1.82) is 0 Å². The maximum Gasteiger partial charge on any atom is -0.0172 e. The largest absolute Gasteiger partial charge is 0.0710 e. The lowest BCUT2D eigenvalue weighted by atomic mass is 9.51. The molecule has 102 valence electrons. The third-order valence-electron chi connectivity index (χ3n) is 6.52. The molecule has 0 N–H and O–H groups in total. The first-order chi connectivity index (χ1) is 8.95. The highest BCUT2D eigenvalue weighted by Gasteiger charge is 2.48. The van der Waals surface area contributed by atoms with Gasteiger partial charge in [0, 0.05) is 0 Å². The first-order valence-corrected chi connectivity index (χ1v) is 7.69. The summed E-state index contributed by atoms with van der Waals surface area (Å²) < 4.78 is 0. The van der Waals surface area contributed by atoms with Gasteiger partial charge in [-0.3, -0.25) is 0 Å². The Hall–Kier alpha value is -1.04. The SMILES string of the molecule is CC1=C(C)C(C)C2(C)Cc3ccccc3CC2C1C. The molecule has 0 heteroatoms. The number of allylic oxidation sites excluding steroid dienone is 2. The molecule has 0 saturated carbocycles. The Kier molecular flexibility index (Phi) is 2.89. The van der Waals surface area contributed by atoms with Crippen molar-refractivity contribution in [1.82, 2.24) is 0 Å². The van der Waals surface area contributed by atoms with Crippen LogP contribution in [0.2, 0.25) is 0 Å². The molecule has 1 aromatic rings. The van der Waals surface area contributed by atoms with Crippen LogP contribution in [0.4, 0.5) is 0 Å². The molecule has 0 heterocycles. The summed E-state index contributed by atoms with van der Waals surface area (Å²) in [5, 5.41) is 0. The highest BCUT2D eigenvalue weighted by atomic mass is 14.5. The Labute approximate surface area is 117 Å². The molecule has 0 aromatic heterocycles. The van der Waals surface area contributed by atoms with Gasteiger partial charge in [-0.2, -0.15) is 0 Å². The van der Waals surface area contributed by atoms with Gasteiger partial charge in [0.1, 0.15) is 0 Å². The Balaban J connectivity index is 2.10. The second kappa shape index (κ2) is 4.23. The summed E-state index contributed by atoms with van der Waals surface area (Å²) in [6.07, 6.45) is 2.52. The lowest BCUT2D eigenvalue weighted by Crippen LogP contribution is -2.47. The number of hydrogen-bond acceptors (Lipinski definition) is 0. The summed E-state index contributed by atoms with van der Waals surface area (Å²) >= 11 is 0. The van der Waals surface area contributed by atoms with Gasteiger partial charge in [0.25, 0.3) is 0 Å². The van der Waals surface area contributed by atoms with Crippen molar-refractivity contribution < 1.29 is 0 Å². The van der Waals surface area contributed by atoms with E-state index < -0.39 is 0 Å². The van der Waals surface area contributed by atoms with Crippen molar-refractivity contribution in [3.8, 4) is 0 Å². The summed E-state index contributed by atoms with van der Waals surface area (Å²) in [6, 6.07) is 9.08. The Morgan fingerprint density at radius 1 is 1.00 bits per heavy atom. The standard InChI is InChI=1S/C19H26/c1-12-13(2)15(4)19(5)11-17-9-7-6-8-16(17)10-18(19)14(12)3/h6-9,14-15,18H,10-11H2,1-5H3. The normalized spacial score (nSPS) is 37.8. The molecule has 0 spiro atoms. The summed E-state index contributed by atoms with van der Waals surface area (Å²) in [4.78, 5) is 0.